The quantitative estimate of drug-likeness (QED) is 0.739. The number of carbonyl (C=O) groups excluding carboxylic acids is 1. The number of aromatic nitrogens is 3. The number of carbonyl (C=O) groups is 1. The van der Waals surface area contributed by atoms with Crippen molar-refractivity contribution >= 4 is 16.9 Å². The Labute approximate surface area is 139 Å². The minimum atomic E-state index is 0.0894. The zero-order valence-electron chi connectivity index (χ0n) is 13.3. The van der Waals surface area contributed by atoms with E-state index in [1.54, 1.807) is 12.4 Å². The highest BCUT2D eigenvalue weighted by molar-refractivity contribution is 5.84. The van der Waals surface area contributed by atoms with Crippen LogP contribution in [0.25, 0.3) is 22.4 Å². The first-order chi connectivity index (χ1) is 11.8. The molecule has 0 atom stereocenters. The van der Waals surface area contributed by atoms with Gasteiger partial charge in [0, 0.05) is 31.0 Å². The molecule has 6 nitrogen and oxygen atoms in total. The van der Waals surface area contributed by atoms with Gasteiger partial charge >= 0.3 is 0 Å². The number of ether oxygens (including phenoxy) is 1. The lowest BCUT2D eigenvalue weighted by molar-refractivity contribution is -0.135. The summed E-state index contributed by atoms with van der Waals surface area (Å²) in [5, 5.41) is 0. The van der Waals surface area contributed by atoms with Crippen LogP contribution >= 0.6 is 0 Å². The molecule has 3 heterocycles. The molecular weight excluding hydrogens is 304 g/mol. The van der Waals surface area contributed by atoms with Gasteiger partial charge in [-0.3, -0.25) is 9.78 Å². The largest absolute Gasteiger partial charge is 0.378 e. The van der Waals surface area contributed by atoms with Crippen LogP contribution in [0, 0.1) is 0 Å². The van der Waals surface area contributed by atoms with E-state index in [0.29, 0.717) is 26.3 Å². The summed E-state index contributed by atoms with van der Waals surface area (Å²) in [6.07, 6.45) is 3.51. The molecule has 1 aliphatic rings. The number of hydrogen-bond acceptors (Lipinski definition) is 4. The first-order valence-corrected chi connectivity index (χ1v) is 8.04. The van der Waals surface area contributed by atoms with Crippen LogP contribution < -0.4 is 0 Å². The summed E-state index contributed by atoms with van der Waals surface area (Å²) in [5.74, 6) is 0.859. The molecule has 0 radical (unpaired) electrons. The van der Waals surface area contributed by atoms with Crippen molar-refractivity contribution in [3.05, 3.63) is 48.8 Å². The van der Waals surface area contributed by atoms with Crippen LogP contribution in [-0.2, 0) is 16.1 Å². The van der Waals surface area contributed by atoms with E-state index in [0.717, 1.165) is 22.4 Å². The van der Waals surface area contributed by atoms with Crippen LogP contribution in [0.4, 0.5) is 0 Å². The topological polar surface area (TPSA) is 60.2 Å². The van der Waals surface area contributed by atoms with Crippen LogP contribution in [0.1, 0.15) is 0 Å². The van der Waals surface area contributed by atoms with E-state index in [1.165, 1.54) is 0 Å². The molecular formula is C18H18N4O2. The van der Waals surface area contributed by atoms with Gasteiger partial charge in [-0.2, -0.15) is 0 Å². The monoisotopic (exact) mass is 322 g/mol. The second-order valence-corrected chi connectivity index (χ2v) is 5.75. The molecule has 0 unspecified atom stereocenters. The molecule has 0 bridgehead atoms. The van der Waals surface area contributed by atoms with Crippen LogP contribution in [0.15, 0.2) is 48.8 Å². The maximum Gasteiger partial charge on any atom is 0.242 e. The Morgan fingerprint density at radius 1 is 1.12 bits per heavy atom. The number of hydrogen-bond donors (Lipinski definition) is 0. The highest BCUT2D eigenvalue weighted by Crippen LogP contribution is 2.24. The minimum absolute atomic E-state index is 0.0894. The SMILES string of the molecule is O=C(Cn1c(-c2cccnc2)nc2ccccc21)N1CCOCC1. The average molecular weight is 322 g/mol. The molecule has 4 rings (SSSR count). The van der Waals surface area contributed by atoms with Crippen molar-refractivity contribution in [2.24, 2.45) is 0 Å². The molecule has 24 heavy (non-hydrogen) atoms. The molecule has 1 fully saturated rings. The normalized spacial score (nSPS) is 14.9. The van der Waals surface area contributed by atoms with E-state index in [-0.39, 0.29) is 12.5 Å². The molecule has 0 aliphatic carbocycles. The molecule has 6 heteroatoms. The van der Waals surface area contributed by atoms with Crippen molar-refractivity contribution in [3.63, 3.8) is 0 Å². The van der Waals surface area contributed by atoms with Crippen molar-refractivity contribution in [2.45, 2.75) is 6.54 Å². The first kappa shape index (κ1) is 14.8. The Hall–Kier alpha value is -2.73. The van der Waals surface area contributed by atoms with Crippen molar-refractivity contribution < 1.29 is 9.53 Å². The first-order valence-electron chi connectivity index (χ1n) is 8.04. The second-order valence-electron chi connectivity index (χ2n) is 5.75. The molecule has 122 valence electrons. The summed E-state index contributed by atoms with van der Waals surface area (Å²) >= 11 is 0. The molecule has 1 aromatic carbocycles. The van der Waals surface area contributed by atoms with Gasteiger partial charge < -0.3 is 14.2 Å². The van der Waals surface area contributed by atoms with Gasteiger partial charge in [0.25, 0.3) is 0 Å². The lowest BCUT2D eigenvalue weighted by atomic mass is 10.2. The Morgan fingerprint density at radius 2 is 1.96 bits per heavy atom. The zero-order valence-corrected chi connectivity index (χ0v) is 13.3. The summed E-state index contributed by atoms with van der Waals surface area (Å²) in [6.45, 7) is 2.77. The van der Waals surface area contributed by atoms with Gasteiger partial charge in [0.1, 0.15) is 12.4 Å². The maximum atomic E-state index is 12.7. The minimum Gasteiger partial charge on any atom is -0.378 e. The van der Waals surface area contributed by atoms with E-state index >= 15 is 0 Å². The standard InChI is InChI=1S/C18H18N4O2/c23-17(21-8-10-24-11-9-21)13-22-16-6-2-1-5-15(16)20-18(22)14-4-3-7-19-12-14/h1-7,12H,8-11,13H2. The molecule has 0 saturated carbocycles. The van der Waals surface area contributed by atoms with E-state index in [4.69, 9.17) is 9.72 Å². The number of imidazole rings is 1. The molecule has 3 aromatic rings. The van der Waals surface area contributed by atoms with Crippen LogP contribution in [0.5, 0.6) is 0 Å². The number of fused-ring (bicyclic) bond motifs is 1. The van der Waals surface area contributed by atoms with Crippen LogP contribution in [-0.4, -0.2) is 51.6 Å². The van der Waals surface area contributed by atoms with Crippen molar-refractivity contribution in [1.29, 1.82) is 0 Å². The highest BCUT2D eigenvalue weighted by atomic mass is 16.5. The van der Waals surface area contributed by atoms with E-state index in [2.05, 4.69) is 4.98 Å². The Kier molecular flexibility index (Phi) is 3.96. The number of nitrogens with zero attached hydrogens (tertiary/aromatic N) is 4. The molecule has 1 aliphatic heterocycles. The molecule has 1 saturated heterocycles. The van der Waals surface area contributed by atoms with Crippen LogP contribution in [0.3, 0.4) is 0 Å². The number of amides is 1. The van der Waals surface area contributed by atoms with Crippen molar-refractivity contribution in [1.82, 2.24) is 19.4 Å². The lowest BCUT2D eigenvalue weighted by Gasteiger charge is -2.27. The van der Waals surface area contributed by atoms with Gasteiger partial charge in [0.05, 0.1) is 24.2 Å². The third kappa shape index (κ3) is 2.76. The fraction of sp³-hybridized carbons (Fsp3) is 0.278. The molecule has 0 spiro atoms. The fourth-order valence-corrected chi connectivity index (χ4v) is 3.00. The van der Waals surface area contributed by atoms with E-state index < -0.39 is 0 Å². The number of morpholine rings is 1. The number of benzene rings is 1. The molecule has 0 N–H and O–H groups in total. The van der Waals surface area contributed by atoms with E-state index in [1.807, 2.05) is 45.9 Å². The zero-order chi connectivity index (χ0) is 16.4. The van der Waals surface area contributed by atoms with Crippen molar-refractivity contribution in [2.75, 3.05) is 26.3 Å². The summed E-state index contributed by atoms with van der Waals surface area (Å²) in [5.41, 5.74) is 2.74. The van der Waals surface area contributed by atoms with Gasteiger partial charge in [0.2, 0.25) is 5.91 Å². The highest BCUT2D eigenvalue weighted by Gasteiger charge is 2.20. The average Bonchev–Trinajstić information content (AvgIpc) is 3.02. The van der Waals surface area contributed by atoms with Gasteiger partial charge in [0.15, 0.2) is 0 Å². The summed E-state index contributed by atoms with van der Waals surface area (Å²) in [4.78, 5) is 23.4. The third-order valence-electron chi connectivity index (χ3n) is 4.23. The summed E-state index contributed by atoms with van der Waals surface area (Å²) < 4.78 is 7.30. The summed E-state index contributed by atoms with van der Waals surface area (Å²) in [7, 11) is 0. The van der Waals surface area contributed by atoms with Gasteiger partial charge in [-0.05, 0) is 24.3 Å². The number of pyridine rings is 1. The Morgan fingerprint density at radius 3 is 2.75 bits per heavy atom. The Bertz CT molecular complexity index is 854. The third-order valence-corrected chi connectivity index (χ3v) is 4.23. The van der Waals surface area contributed by atoms with Gasteiger partial charge in [-0.25, -0.2) is 4.98 Å². The maximum absolute atomic E-state index is 12.7. The van der Waals surface area contributed by atoms with Crippen LogP contribution in [0.2, 0.25) is 0 Å². The second kappa shape index (κ2) is 6.41. The number of para-hydroxylation sites is 2. The van der Waals surface area contributed by atoms with E-state index in [9.17, 15) is 4.79 Å². The lowest BCUT2D eigenvalue weighted by Crippen LogP contribution is -2.42. The molecule has 2 aromatic heterocycles. The summed E-state index contributed by atoms with van der Waals surface area (Å²) in [6, 6.07) is 11.7. The van der Waals surface area contributed by atoms with Gasteiger partial charge in [-0.15, -0.1) is 0 Å². The van der Waals surface area contributed by atoms with Gasteiger partial charge in [-0.1, -0.05) is 12.1 Å². The Balaban J connectivity index is 1.74. The molecule has 1 amide bonds. The smallest absolute Gasteiger partial charge is 0.242 e. The number of rotatable bonds is 3. The predicted molar refractivity (Wildman–Crippen MR) is 90.4 cm³/mol. The van der Waals surface area contributed by atoms with Crippen molar-refractivity contribution in [3.8, 4) is 11.4 Å². The fourth-order valence-electron chi connectivity index (χ4n) is 3.00. The predicted octanol–water partition coefficient (Wildman–Crippen LogP) is 1.96.